The van der Waals surface area contributed by atoms with Crippen LogP contribution in [0.2, 0.25) is 5.02 Å². The van der Waals surface area contributed by atoms with Gasteiger partial charge in [-0.15, -0.1) is 11.8 Å². The van der Waals surface area contributed by atoms with Crippen LogP contribution in [0.15, 0.2) is 24.3 Å². The predicted molar refractivity (Wildman–Crippen MR) is 84.7 cm³/mol. The van der Waals surface area contributed by atoms with Crippen LogP contribution in [-0.2, 0) is 10.5 Å². The highest BCUT2D eigenvalue weighted by molar-refractivity contribution is 7.99. The monoisotopic (exact) mass is 321 g/mol. The first kappa shape index (κ1) is 17.4. The van der Waals surface area contributed by atoms with Gasteiger partial charge in [0.25, 0.3) is 0 Å². The van der Waals surface area contributed by atoms with Crippen molar-refractivity contribution in [3.05, 3.63) is 34.9 Å². The first-order valence-electron chi connectivity index (χ1n) is 6.51. The largest absolute Gasteiger partial charge is 0.340 e. The molecular formula is C15H16ClN3OS. The van der Waals surface area contributed by atoms with E-state index < -0.39 is 0 Å². The molecule has 1 aromatic carbocycles. The molecular weight excluding hydrogens is 306 g/mol. The molecule has 0 bridgehead atoms. The smallest absolute Gasteiger partial charge is 0.232 e. The van der Waals surface area contributed by atoms with Gasteiger partial charge in [0.15, 0.2) is 0 Å². The number of thioether (sulfide) groups is 1. The zero-order valence-corrected chi connectivity index (χ0v) is 13.2. The highest BCUT2D eigenvalue weighted by Crippen LogP contribution is 2.16. The molecule has 110 valence electrons. The van der Waals surface area contributed by atoms with Gasteiger partial charge >= 0.3 is 0 Å². The molecule has 0 spiro atoms. The average Bonchev–Trinajstić information content (AvgIpc) is 2.49. The van der Waals surface area contributed by atoms with Crippen LogP contribution in [0.4, 0.5) is 0 Å². The van der Waals surface area contributed by atoms with Crippen molar-refractivity contribution in [1.82, 2.24) is 4.90 Å². The van der Waals surface area contributed by atoms with Gasteiger partial charge in [0.2, 0.25) is 5.91 Å². The highest BCUT2D eigenvalue weighted by Gasteiger charge is 2.12. The fraction of sp³-hybridized carbons (Fsp3) is 0.400. The normalized spacial score (nSPS) is 9.67. The highest BCUT2D eigenvalue weighted by atomic mass is 35.5. The summed E-state index contributed by atoms with van der Waals surface area (Å²) in [5, 5.41) is 17.9. The minimum absolute atomic E-state index is 0.0283. The Morgan fingerprint density at radius 2 is 1.71 bits per heavy atom. The summed E-state index contributed by atoms with van der Waals surface area (Å²) in [6, 6.07) is 11.6. The molecule has 4 nitrogen and oxygen atoms in total. The molecule has 0 atom stereocenters. The first-order chi connectivity index (χ1) is 10.2. The predicted octanol–water partition coefficient (Wildman–Crippen LogP) is 3.23. The lowest BCUT2D eigenvalue weighted by Gasteiger charge is -2.20. The van der Waals surface area contributed by atoms with Crippen molar-refractivity contribution < 1.29 is 4.79 Å². The fourth-order valence-corrected chi connectivity index (χ4v) is 2.67. The molecule has 0 heterocycles. The molecule has 6 heteroatoms. The van der Waals surface area contributed by atoms with E-state index in [1.54, 1.807) is 4.90 Å². The Morgan fingerprint density at radius 1 is 1.14 bits per heavy atom. The second-order valence-electron chi connectivity index (χ2n) is 4.32. The molecule has 1 aromatic rings. The Balaban J connectivity index is 2.40. The van der Waals surface area contributed by atoms with Crippen LogP contribution in [0.5, 0.6) is 0 Å². The van der Waals surface area contributed by atoms with Crippen LogP contribution >= 0.6 is 23.4 Å². The minimum Gasteiger partial charge on any atom is -0.340 e. The standard InChI is InChI=1S/C15H16ClN3OS/c16-14-5-3-13(4-6-14)11-21-12-15(20)19(9-1-7-17)10-2-8-18/h3-6H,1-2,9-12H2. The van der Waals surface area contributed by atoms with E-state index in [1.807, 2.05) is 36.4 Å². The number of carbonyl (C=O) groups is 1. The van der Waals surface area contributed by atoms with E-state index in [0.29, 0.717) is 36.7 Å². The van der Waals surface area contributed by atoms with Crippen LogP contribution < -0.4 is 0 Å². The van der Waals surface area contributed by atoms with Gasteiger partial charge in [0.1, 0.15) is 0 Å². The molecule has 0 aliphatic rings. The summed E-state index contributed by atoms with van der Waals surface area (Å²) in [6.45, 7) is 0.775. The number of nitrogens with zero attached hydrogens (tertiary/aromatic N) is 3. The third-order valence-corrected chi connectivity index (χ3v) is 3.99. The van der Waals surface area contributed by atoms with E-state index in [4.69, 9.17) is 22.1 Å². The molecule has 1 rings (SSSR count). The van der Waals surface area contributed by atoms with Crippen LogP contribution in [-0.4, -0.2) is 29.6 Å². The van der Waals surface area contributed by atoms with Gasteiger partial charge in [-0.05, 0) is 17.7 Å². The lowest BCUT2D eigenvalue weighted by molar-refractivity contribution is -0.128. The summed E-state index contributed by atoms with van der Waals surface area (Å²) in [5.74, 6) is 1.05. The van der Waals surface area contributed by atoms with Crippen molar-refractivity contribution in [2.75, 3.05) is 18.8 Å². The summed E-state index contributed by atoms with van der Waals surface area (Å²) in [7, 11) is 0. The number of benzene rings is 1. The Hall–Kier alpha value is -1.69. The van der Waals surface area contributed by atoms with Gasteiger partial charge in [-0.3, -0.25) is 4.79 Å². The number of carbonyl (C=O) groups excluding carboxylic acids is 1. The van der Waals surface area contributed by atoms with Crippen molar-refractivity contribution >= 4 is 29.3 Å². The SMILES string of the molecule is N#CCCN(CCC#N)C(=O)CSCc1ccc(Cl)cc1. The van der Waals surface area contributed by atoms with Gasteiger partial charge in [-0.2, -0.15) is 10.5 Å². The maximum atomic E-state index is 12.1. The molecule has 0 aliphatic carbocycles. The van der Waals surface area contributed by atoms with E-state index in [-0.39, 0.29) is 5.91 Å². The molecule has 0 unspecified atom stereocenters. The van der Waals surface area contributed by atoms with Crippen molar-refractivity contribution in [3.8, 4) is 12.1 Å². The summed E-state index contributed by atoms with van der Waals surface area (Å²) in [5.41, 5.74) is 1.11. The lowest BCUT2D eigenvalue weighted by Crippen LogP contribution is -2.34. The Labute approximate surface area is 134 Å². The Bertz CT molecular complexity index is 515. The number of hydrogen-bond donors (Lipinski definition) is 0. The quantitative estimate of drug-likeness (QED) is 0.737. The second-order valence-corrected chi connectivity index (χ2v) is 5.74. The third-order valence-electron chi connectivity index (χ3n) is 2.75. The van der Waals surface area contributed by atoms with E-state index in [1.165, 1.54) is 11.8 Å². The van der Waals surface area contributed by atoms with Gasteiger partial charge < -0.3 is 4.90 Å². The topological polar surface area (TPSA) is 67.9 Å². The third kappa shape index (κ3) is 7.04. The fourth-order valence-electron chi connectivity index (χ4n) is 1.66. The van der Waals surface area contributed by atoms with Crippen LogP contribution in [0.1, 0.15) is 18.4 Å². The zero-order valence-electron chi connectivity index (χ0n) is 11.6. The number of halogens is 1. The van der Waals surface area contributed by atoms with Crippen molar-refractivity contribution in [2.24, 2.45) is 0 Å². The second kappa shape index (κ2) is 10.1. The molecule has 0 radical (unpaired) electrons. The van der Waals surface area contributed by atoms with Gasteiger partial charge in [0, 0.05) is 23.9 Å². The molecule has 0 aliphatic heterocycles. The molecule has 21 heavy (non-hydrogen) atoms. The van der Waals surface area contributed by atoms with Crippen LogP contribution in [0.25, 0.3) is 0 Å². The van der Waals surface area contributed by atoms with E-state index in [9.17, 15) is 4.79 Å². The minimum atomic E-state index is -0.0283. The molecule has 0 saturated heterocycles. The van der Waals surface area contributed by atoms with Crippen molar-refractivity contribution in [2.45, 2.75) is 18.6 Å². The summed E-state index contributed by atoms with van der Waals surface area (Å²) < 4.78 is 0. The summed E-state index contributed by atoms with van der Waals surface area (Å²) in [4.78, 5) is 13.6. The van der Waals surface area contributed by atoms with Gasteiger partial charge in [0.05, 0.1) is 30.7 Å². The van der Waals surface area contributed by atoms with Crippen molar-refractivity contribution in [1.29, 1.82) is 10.5 Å². The molecule has 0 aromatic heterocycles. The van der Waals surface area contributed by atoms with E-state index >= 15 is 0 Å². The molecule has 0 fully saturated rings. The van der Waals surface area contributed by atoms with E-state index in [0.717, 1.165) is 11.3 Å². The van der Waals surface area contributed by atoms with Crippen LogP contribution in [0, 0.1) is 22.7 Å². The summed E-state index contributed by atoms with van der Waals surface area (Å²) in [6.07, 6.45) is 0.581. The molecule has 0 saturated carbocycles. The van der Waals surface area contributed by atoms with Gasteiger partial charge in [-0.25, -0.2) is 0 Å². The number of hydrogen-bond acceptors (Lipinski definition) is 4. The molecule has 1 amide bonds. The summed E-state index contributed by atoms with van der Waals surface area (Å²) >= 11 is 7.33. The first-order valence-corrected chi connectivity index (χ1v) is 8.04. The number of rotatable bonds is 8. The Morgan fingerprint density at radius 3 is 2.24 bits per heavy atom. The van der Waals surface area contributed by atoms with Crippen LogP contribution in [0.3, 0.4) is 0 Å². The zero-order chi connectivity index (χ0) is 15.5. The van der Waals surface area contributed by atoms with Gasteiger partial charge in [-0.1, -0.05) is 23.7 Å². The maximum Gasteiger partial charge on any atom is 0.232 e. The van der Waals surface area contributed by atoms with E-state index in [2.05, 4.69) is 0 Å². The number of nitriles is 2. The molecule has 0 N–H and O–H groups in total. The average molecular weight is 322 g/mol. The maximum absolute atomic E-state index is 12.1. The Kier molecular flexibility index (Phi) is 8.35. The lowest BCUT2D eigenvalue weighted by atomic mass is 10.2. The number of amides is 1. The van der Waals surface area contributed by atoms with Crippen molar-refractivity contribution in [3.63, 3.8) is 0 Å².